The molecular weight excluding hydrogens is 435 g/mol. The molecule has 2 aromatic heterocycles. The number of nitrogens with one attached hydrogen (secondary N) is 1. The summed E-state index contributed by atoms with van der Waals surface area (Å²) < 4.78 is 16.6. The lowest BCUT2D eigenvalue weighted by atomic mass is 9.96. The number of aryl methyl sites for hydroxylation is 1. The summed E-state index contributed by atoms with van der Waals surface area (Å²) >= 11 is 5.76. The van der Waals surface area contributed by atoms with Crippen molar-refractivity contribution in [2.24, 2.45) is 0 Å². The van der Waals surface area contributed by atoms with Crippen molar-refractivity contribution in [3.8, 4) is 11.4 Å². The third kappa shape index (κ3) is 3.64. The van der Waals surface area contributed by atoms with E-state index in [0.29, 0.717) is 10.8 Å². The minimum absolute atomic E-state index is 0.187. The van der Waals surface area contributed by atoms with Crippen LogP contribution in [0.3, 0.4) is 0 Å². The first-order valence-electron chi connectivity index (χ1n) is 10.7. The normalized spacial score (nSPS) is 17.9. The maximum absolute atomic E-state index is 14.7. The minimum atomic E-state index is -0.275. The molecule has 2 N–H and O–H groups in total. The van der Waals surface area contributed by atoms with E-state index in [9.17, 15) is 9.50 Å². The topological polar surface area (TPSA) is 53.3 Å². The van der Waals surface area contributed by atoms with Crippen LogP contribution < -0.4 is 10.2 Å². The average Bonchev–Trinajstić information content (AvgIpc) is 3.31. The molecule has 0 spiro atoms. The molecule has 0 saturated carbocycles. The summed E-state index contributed by atoms with van der Waals surface area (Å²) in [6.45, 7) is 3.98. The highest BCUT2D eigenvalue weighted by Gasteiger charge is 2.42. The van der Waals surface area contributed by atoms with E-state index in [-0.39, 0.29) is 23.7 Å². The van der Waals surface area contributed by atoms with Gasteiger partial charge in [-0.25, -0.2) is 4.39 Å². The molecule has 0 bridgehead atoms. The standard InChI is InChI=1S/C26H23FN4OS/c1-16-15-20(17(2)30(16)23-9-4-3-7-21(23)27)25-24(22-8-5-6-14-28-22)29-26(33)31(25)18-10-12-19(32)13-11-18/h3-15,24-25,32H,1-2H3,(H,29,33)/t24-,25-/m1/s1. The molecule has 4 aromatic rings. The van der Waals surface area contributed by atoms with Gasteiger partial charge in [0.1, 0.15) is 11.6 Å². The maximum atomic E-state index is 14.7. The summed E-state index contributed by atoms with van der Waals surface area (Å²) in [5, 5.41) is 13.8. The van der Waals surface area contributed by atoms with Gasteiger partial charge in [0.15, 0.2) is 5.11 Å². The lowest BCUT2D eigenvalue weighted by molar-refractivity contribution is 0.475. The number of hydrogen-bond donors (Lipinski definition) is 2. The van der Waals surface area contributed by atoms with Gasteiger partial charge in [-0.05, 0) is 86.2 Å². The number of nitrogens with zero attached hydrogens (tertiary/aromatic N) is 3. The van der Waals surface area contributed by atoms with Gasteiger partial charge in [-0.2, -0.15) is 0 Å². The third-order valence-electron chi connectivity index (χ3n) is 6.11. The van der Waals surface area contributed by atoms with E-state index in [2.05, 4.69) is 16.4 Å². The quantitative estimate of drug-likeness (QED) is 0.395. The summed E-state index contributed by atoms with van der Waals surface area (Å²) in [5.74, 6) is -0.0880. The average molecular weight is 459 g/mol. The molecule has 5 nitrogen and oxygen atoms in total. The van der Waals surface area contributed by atoms with Gasteiger partial charge in [-0.3, -0.25) is 4.98 Å². The number of benzene rings is 2. The summed E-state index contributed by atoms with van der Waals surface area (Å²) in [6.07, 6.45) is 1.77. The molecule has 1 aliphatic rings. The Balaban J connectivity index is 1.69. The largest absolute Gasteiger partial charge is 0.508 e. The Hall–Kier alpha value is -3.71. The molecule has 0 amide bonds. The first-order chi connectivity index (χ1) is 16.0. The van der Waals surface area contributed by atoms with Crippen LogP contribution in [0.1, 0.15) is 34.7 Å². The highest BCUT2D eigenvalue weighted by molar-refractivity contribution is 7.80. The number of thiocarbonyl (C=S) groups is 1. The molecular formula is C26H23FN4OS. The van der Waals surface area contributed by atoms with Crippen molar-refractivity contribution in [3.63, 3.8) is 0 Å². The van der Waals surface area contributed by atoms with Crippen molar-refractivity contribution in [2.45, 2.75) is 25.9 Å². The molecule has 2 aromatic carbocycles. The smallest absolute Gasteiger partial charge is 0.174 e. The fourth-order valence-electron chi connectivity index (χ4n) is 4.65. The Kier molecular flexibility index (Phi) is 5.34. The molecule has 33 heavy (non-hydrogen) atoms. The summed E-state index contributed by atoms with van der Waals surface area (Å²) in [5.41, 5.74) is 5.10. The van der Waals surface area contributed by atoms with E-state index < -0.39 is 0 Å². The van der Waals surface area contributed by atoms with Gasteiger partial charge in [0.05, 0.1) is 23.5 Å². The van der Waals surface area contributed by atoms with Crippen molar-refractivity contribution in [1.82, 2.24) is 14.9 Å². The van der Waals surface area contributed by atoms with Crippen LogP contribution in [0.25, 0.3) is 5.69 Å². The first-order valence-corrected chi connectivity index (χ1v) is 11.1. The van der Waals surface area contributed by atoms with E-state index in [1.54, 1.807) is 30.5 Å². The van der Waals surface area contributed by atoms with Gasteiger partial charge in [0.2, 0.25) is 0 Å². The van der Waals surface area contributed by atoms with Crippen molar-refractivity contribution in [3.05, 3.63) is 107 Å². The number of pyridine rings is 1. The van der Waals surface area contributed by atoms with Crippen molar-refractivity contribution in [1.29, 1.82) is 0 Å². The summed E-state index contributed by atoms with van der Waals surface area (Å²) in [6, 6.07) is 21.2. The number of halogens is 1. The van der Waals surface area contributed by atoms with Gasteiger partial charge in [0.25, 0.3) is 0 Å². The highest BCUT2D eigenvalue weighted by Crippen LogP contribution is 2.44. The Labute approximate surface area is 197 Å². The number of phenolic OH excluding ortho intramolecular Hbond substituents is 1. The van der Waals surface area contributed by atoms with Gasteiger partial charge in [-0.15, -0.1) is 0 Å². The van der Waals surface area contributed by atoms with Crippen LogP contribution in [0, 0.1) is 19.7 Å². The number of para-hydroxylation sites is 1. The van der Waals surface area contributed by atoms with Gasteiger partial charge in [-0.1, -0.05) is 18.2 Å². The van der Waals surface area contributed by atoms with Crippen molar-refractivity contribution < 1.29 is 9.50 Å². The fourth-order valence-corrected chi connectivity index (χ4v) is 5.00. The Morgan fingerprint density at radius 2 is 1.73 bits per heavy atom. The second-order valence-electron chi connectivity index (χ2n) is 8.13. The predicted molar refractivity (Wildman–Crippen MR) is 131 cm³/mol. The van der Waals surface area contributed by atoms with Crippen LogP contribution in [-0.2, 0) is 0 Å². The first kappa shape index (κ1) is 21.2. The second-order valence-corrected chi connectivity index (χ2v) is 8.51. The zero-order chi connectivity index (χ0) is 23.1. The zero-order valence-corrected chi connectivity index (χ0v) is 19.1. The van der Waals surface area contributed by atoms with Crippen LogP contribution >= 0.6 is 12.2 Å². The Bertz CT molecular complexity index is 1320. The lowest BCUT2D eigenvalue weighted by Gasteiger charge is -2.28. The Morgan fingerprint density at radius 3 is 2.42 bits per heavy atom. The predicted octanol–water partition coefficient (Wildman–Crippen LogP) is 5.51. The minimum Gasteiger partial charge on any atom is -0.508 e. The molecule has 1 fully saturated rings. The third-order valence-corrected chi connectivity index (χ3v) is 6.42. The monoisotopic (exact) mass is 458 g/mol. The molecule has 0 radical (unpaired) electrons. The molecule has 0 unspecified atom stereocenters. The molecule has 1 aliphatic heterocycles. The van der Waals surface area contributed by atoms with Gasteiger partial charge in [0, 0.05) is 23.3 Å². The number of phenols is 1. The molecule has 1 saturated heterocycles. The maximum Gasteiger partial charge on any atom is 0.174 e. The molecule has 2 atom stereocenters. The van der Waals surface area contributed by atoms with Gasteiger partial charge >= 0.3 is 0 Å². The molecule has 5 rings (SSSR count). The van der Waals surface area contributed by atoms with Crippen LogP contribution in [0.15, 0.2) is 79.0 Å². The highest BCUT2D eigenvalue weighted by atomic mass is 32.1. The van der Waals surface area contributed by atoms with Crippen molar-refractivity contribution in [2.75, 3.05) is 4.90 Å². The number of hydrogen-bond acceptors (Lipinski definition) is 3. The second kappa shape index (κ2) is 8.33. The molecule has 7 heteroatoms. The Morgan fingerprint density at radius 1 is 1.00 bits per heavy atom. The lowest BCUT2D eigenvalue weighted by Crippen LogP contribution is -2.29. The van der Waals surface area contributed by atoms with E-state index in [1.807, 2.05) is 59.7 Å². The van der Waals surface area contributed by atoms with E-state index >= 15 is 0 Å². The van der Waals surface area contributed by atoms with Crippen LogP contribution in [0.2, 0.25) is 0 Å². The van der Waals surface area contributed by atoms with Gasteiger partial charge < -0.3 is 19.9 Å². The molecule has 3 heterocycles. The van der Waals surface area contributed by atoms with E-state index in [0.717, 1.165) is 28.3 Å². The van der Waals surface area contributed by atoms with Crippen LogP contribution in [0.4, 0.5) is 10.1 Å². The summed E-state index contributed by atoms with van der Waals surface area (Å²) in [7, 11) is 0. The molecule has 0 aliphatic carbocycles. The number of aromatic nitrogens is 2. The number of rotatable bonds is 4. The zero-order valence-electron chi connectivity index (χ0n) is 18.2. The number of anilines is 1. The van der Waals surface area contributed by atoms with E-state index in [1.165, 1.54) is 6.07 Å². The van der Waals surface area contributed by atoms with Crippen LogP contribution in [0.5, 0.6) is 5.75 Å². The van der Waals surface area contributed by atoms with Crippen molar-refractivity contribution >= 4 is 23.0 Å². The SMILES string of the molecule is Cc1cc([C@@H]2[C@@H](c3ccccn3)NC(=S)N2c2ccc(O)cc2)c(C)n1-c1ccccc1F. The van der Waals surface area contributed by atoms with E-state index in [4.69, 9.17) is 12.2 Å². The van der Waals surface area contributed by atoms with Crippen LogP contribution in [-0.4, -0.2) is 19.8 Å². The fraction of sp³-hybridized carbons (Fsp3) is 0.154. The molecule has 166 valence electrons. The number of aromatic hydroxyl groups is 1. The summed E-state index contributed by atoms with van der Waals surface area (Å²) in [4.78, 5) is 6.63.